The fraction of sp³-hybridized carbons (Fsp3) is 0.400. The van der Waals surface area contributed by atoms with Crippen molar-refractivity contribution in [2.75, 3.05) is 11.9 Å². The highest BCUT2D eigenvalue weighted by molar-refractivity contribution is 6.33. The summed E-state index contributed by atoms with van der Waals surface area (Å²) in [7, 11) is 0. The molecule has 0 atom stereocenters. The third-order valence-corrected chi connectivity index (χ3v) is 2.90. The molecule has 3 heteroatoms. The fourth-order valence-electron chi connectivity index (χ4n) is 1.69. The Kier molecular flexibility index (Phi) is 1.77. The van der Waals surface area contributed by atoms with Crippen molar-refractivity contribution in [1.82, 2.24) is 0 Å². The molecule has 13 heavy (non-hydrogen) atoms. The van der Waals surface area contributed by atoms with Gasteiger partial charge in [0.2, 0.25) is 0 Å². The number of benzene rings is 1. The van der Waals surface area contributed by atoms with E-state index in [-0.39, 0.29) is 16.3 Å². The van der Waals surface area contributed by atoms with Crippen molar-refractivity contribution < 1.29 is 4.39 Å². The molecule has 2 rings (SSSR count). The van der Waals surface area contributed by atoms with Gasteiger partial charge in [-0.25, -0.2) is 4.39 Å². The molecular weight excluding hydrogens is 189 g/mol. The average molecular weight is 200 g/mol. The van der Waals surface area contributed by atoms with E-state index >= 15 is 0 Å². The maximum absolute atomic E-state index is 13.1. The number of anilines is 1. The van der Waals surface area contributed by atoms with Gasteiger partial charge < -0.3 is 5.32 Å². The first-order valence-corrected chi connectivity index (χ1v) is 4.62. The lowest BCUT2D eigenvalue weighted by Crippen LogP contribution is -2.18. The molecule has 0 amide bonds. The Hall–Kier alpha value is -0.760. The predicted molar refractivity (Wildman–Crippen MR) is 52.9 cm³/mol. The Balaban J connectivity index is 2.64. The molecule has 1 nitrogen and oxygen atoms in total. The Bertz CT molecular complexity index is 360. The van der Waals surface area contributed by atoms with Crippen molar-refractivity contribution in [2.24, 2.45) is 0 Å². The summed E-state index contributed by atoms with van der Waals surface area (Å²) >= 11 is 5.83. The first-order valence-electron chi connectivity index (χ1n) is 4.25. The van der Waals surface area contributed by atoms with E-state index in [0.29, 0.717) is 0 Å². The van der Waals surface area contributed by atoms with Crippen LogP contribution in [0.4, 0.5) is 10.1 Å². The minimum Gasteiger partial charge on any atom is -0.383 e. The molecular formula is C10H11ClFN. The monoisotopic (exact) mass is 199 g/mol. The second-order valence-electron chi connectivity index (χ2n) is 4.02. The number of rotatable bonds is 0. The lowest BCUT2D eigenvalue weighted by atomic mass is 9.87. The first kappa shape index (κ1) is 8.82. The van der Waals surface area contributed by atoms with Crippen LogP contribution < -0.4 is 5.32 Å². The van der Waals surface area contributed by atoms with Gasteiger partial charge in [-0.2, -0.15) is 0 Å². The first-order chi connectivity index (χ1) is 6.02. The molecule has 0 unspecified atom stereocenters. The van der Waals surface area contributed by atoms with Crippen molar-refractivity contribution >= 4 is 17.3 Å². The zero-order valence-electron chi connectivity index (χ0n) is 7.62. The summed E-state index contributed by atoms with van der Waals surface area (Å²) in [6.07, 6.45) is 0. The van der Waals surface area contributed by atoms with Gasteiger partial charge in [-0.1, -0.05) is 31.5 Å². The third-order valence-electron chi connectivity index (χ3n) is 2.53. The van der Waals surface area contributed by atoms with E-state index in [4.69, 9.17) is 11.6 Å². The van der Waals surface area contributed by atoms with Gasteiger partial charge in [-0.05, 0) is 11.6 Å². The molecule has 0 bridgehead atoms. The number of fused-ring (bicyclic) bond motifs is 1. The number of hydrogen-bond acceptors (Lipinski definition) is 1. The summed E-state index contributed by atoms with van der Waals surface area (Å²) < 4.78 is 13.1. The topological polar surface area (TPSA) is 12.0 Å². The summed E-state index contributed by atoms with van der Waals surface area (Å²) in [6, 6.07) is 3.23. The summed E-state index contributed by atoms with van der Waals surface area (Å²) in [5.74, 6) is -0.356. The summed E-state index contributed by atoms with van der Waals surface area (Å²) in [4.78, 5) is 0. The maximum atomic E-state index is 13.1. The highest BCUT2D eigenvalue weighted by Gasteiger charge is 2.31. The van der Waals surface area contributed by atoms with Crippen molar-refractivity contribution in [3.05, 3.63) is 28.5 Å². The zero-order chi connectivity index (χ0) is 9.64. The summed E-state index contributed by atoms with van der Waals surface area (Å²) in [5, 5.41) is 3.34. The lowest BCUT2D eigenvalue weighted by molar-refractivity contribution is 0.584. The summed E-state index contributed by atoms with van der Waals surface area (Å²) in [6.45, 7) is 5.03. The Morgan fingerprint density at radius 1 is 1.46 bits per heavy atom. The van der Waals surface area contributed by atoms with Gasteiger partial charge in [0.05, 0.1) is 10.7 Å². The highest BCUT2D eigenvalue weighted by Crippen LogP contribution is 2.41. The van der Waals surface area contributed by atoms with E-state index in [1.807, 2.05) is 0 Å². The van der Waals surface area contributed by atoms with Gasteiger partial charge in [0, 0.05) is 12.0 Å². The molecule has 1 aliphatic heterocycles. The third kappa shape index (κ3) is 1.20. The minimum atomic E-state index is -0.356. The molecule has 0 radical (unpaired) electrons. The van der Waals surface area contributed by atoms with Gasteiger partial charge in [0.15, 0.2) is 0 Å². The zero-order valence-corrected chi connectivity index (χ0v) is 8.37. The Morgan fingerprint density at radius 2 is 2.15 bits per heavy atom. The molecule has 1 N–H and O–H groups in total. The molecule has 1 aliphatic rings. The van der Waals surface area contributed by atoms with Crippen LogP contribution in [-0.2, 0) is 5.41 Å². The van der Waals surface area contributed by atoms with Crippen LogP contribution in [0.1, 0.15) is 19.4 Å². The fourth-order valence-corrected chi connectivity index (χ4v) is 1.92. The predicted octanol–water partition coefficient (Wildman–Crippen LogP) is 3.18. The number of hydrogen-bond donors (Lipinski definition) is 1. The van der Waals surface area contributed by atoms with Crippen LogP contribution in [0.5, 0.6) is 0 Å². The molecule has 1 aromatic rings. The van der Waals surface area contributed by atoms with Crippen LogP contribution in [0.25, 0.3) is 0 Å². The van der Waals surface area contributed by atoms with Crippen LogP contribution in [0.3, 0.4) is 0 Å². The lowest BCUT2D eigenvalue weighted by Gasteiger charge is -2.16. The molecule has 0 saturated heterocycles. The van der Waals surface area contributed by atoms with E-state index in [0.717, 1.165) is 17.8 Å². The molecule has 0 fully saturated rings. The van der Waals surface area contributed by atoms with Gasteiger partial charge >= 0.3 is 0 Å². The van der Waals surface area contributed by atoms with Crippen LogP contribution in [-0.4, -0.2) is 6.54 Å². The number of halogens is 2. The standard InChI is InChI=1S/C10H11ClFN/c1-10(2)5-13-9-6(10)3-4-7(12)8(9)11/h3-4,13H,5H2,1-2H3. The molecule has 0 saturated carbocycles. The molecule has 70 valence electrons. The maximum Gasteiger partial charge on any atom is 0.143 e. The van der Waals surface area contributed by atoms with Crippen LogP contribution >= 0.6 is 11.6 Å². The molecule has 0 spiro atoms. The van der Waals surface area contributed by atoms with Gasteiger partial charge in [0.1, 0.15) is 5.82 Å². The van der Waals surface area contributed by atoms with Crippen molar-refractivity contribution in [3.63, 3.8) is 0 Å². The Labute approximate surface area is 81.9 Å². The van der Waals surface area contributed by atoms with Crippen LogP contribution in [0, 0.1) is 5.82 Å². The van der Waals surface area contributed by atoms with Crippen molar-refractivity contribution in [3.8, 4) is 0 Å². The quantitative estimate of drug-likeness (QED) is 0.677. The molecule has 0 aliphatic carbocycles. The van der Waals surface area contributed by atoms with Gasteiger partial charge in [-0.15, -0.1) is 0 Å². The normalized spacial score (nSPS) is 18.2. The van der Waals surface area contributed by atoms with Crippen LogP contribution in [0.15, 0.2) is 12.1 Å². The van der Waals surface area contributed by atoms with Crippen molar-refractivity contribution in [1.29, 1.82) is 0 Å². The largest absolute Gasteiger partial charge is 0.383 e. The second-order valence-corrected chi connectivity index (χ2v) is 4.40. The van der Waals surface area contributed by atoms with E-state index in [1.165, 1.54) is 6.07 Å². The van der Waals surface area contributed by atoms with E-state index < -0.39 is 0 Å². The van der Waals surface area contributed by atoms with E-state index in [9.17, 15) is 4.39 Å². The highest BCUT2D eigenvalue weighted by atomic mass is 35.5. The van der Waals surface area contributed by atoms with Crippen LogP contribution in [0.2, 0.25) is 5.02 Å². The molecule has 1 heterocycles. The van der Waals surface area contributed by atoms with Crippen molar-refractivity contribution in [2.45, 2.75) is 19.3 Å². The van der Waals surface area contributed by atoms with Gasteiger partial charge in [0.25, 0.3) is 0 Å². The number of nitrogens with one attached hydrogen (secondary N) is 1. The SMILES string of the molecule is CC1(C)CNc2c1ccc(F)c2Cl. The molecule has 1 aromatic carbocycles. The molecule has 0 aromatic heterocycles. The van der Waals surface area contributed by atoms with E-state index in [1.54, 1.807) is 6.07 Å². The Morgan fingerprint density at radius 3 is 2.85 bits per heavy atom. The smallest absolute Gasteiger partial charge is 0.143 e. The second kappa shape index (κ2) is 2.61. The van der Waals surface area contributed by atoms with E-state index in [2.05, 4.69) is 19.2 Å². The van der Waals surface area contributed by atoms with Gasteiger partial charge in [-0.3, -0.25) is 0 Å². The summed E-state index contributed by atoms with van der Waals surface area (Å²) in [5.41, 5.74) is 1.90. The minimum absolute atomic E-state index is 0.0483. The average Bonchev–Trinajstić information content (AvgIpc) is 2.35.